The van der Waals surface area contributed by atoms with Crippen LogP contribution in [0.1, 0.15) is 31.2 Å². The predicted molar refractivity (Wildman–Crippen MR) is 71.4 cm³/mol. The summed E-state index contributed by atoms with van der Waals surface area (Å²) in [5, 5.41) is 3.63. The Hall–Kier alpha value is -1.18. The van der Waals surface area contributed by atoms with Crippen LogP contribution in [0.2, 0.25) is 0 Å². The summed E-state index contributed by atoms with van der Waals surface area (Å²) in [5.74, 6) is 0. The van der Waals surface area contributed by atoms with Crippen LogP contribution in [0.4, 0.5) is 11.4 Å². The average Bonchev–Trinajstić information content (AvgIpc) is 2.70. The van der Waals surface area contributed by atoms with E-state index >= 15 is 0 Å². The quantitative estimate of drug-likeness (QED) is 0.836. The monoisotopic (exact) mass is 218 g/mol. The lowest BCUT2D eigenvalue weighted by Crippen LogP contribution is -2.15. The third-order valence-electron chi connectivity index (χ3n) is 3.40. The lowest BCUT2D eigenvalue weighted by atomic mass is 10.1. The van der Waals surface area contributed by atoms with Gasteiger partial charge in [0, 0.05) is 31.5 Å². The summed E-state index contributed by atoms with van der Waals surface area (Å²) in [5.41, 5.74) is 3.92. The summed E-state index contributed by atoms with van der Waals surface area (Å²) >= 11 is 0. The summed E-state index contributed by atoms with van der Waals surface area (Å²) in [7, 11) is 4.18. The molecule has 0 radical (unpaired) electrons. The maximum Gasteiger partial charge on any atom is 0.0392 e. The minimum absolute atomic E-state index is 0.699. The van der Waals surface area contributed by atoms with Crippen molar-refractivity contribution < 1.29 is 0 Å². The Kier molecular flexibility index (Phi) is 3.37. The largest absolute Gasteiger partial charge is 0.382 e. The van der Waals surface area contributed by atoms with E-state index in [1.807, 2.05) is 0 Å². The van der Waals surface area contributed by atoms with Gasteiger partial charge in [-0.1, -0.05) is 12.8 Å². The van der Waals surface area contributed by atoms with Crippen molar-refractivity contribution in [1.82, 2.24) is 0 Å². The Morgan fingerprint density at radius 2 is 1.88 bits per heavy atom. The molecule has 0 unspecified atom stereocenters. The van der Waals surface area contributed by atoms with E-state index in [4.69, 9.17) is 0 Å². The van der Waals surface area contributed by atoms with Crippen LogP contribution in [0.3, 0.4) is 0 Å². The van der Waals surface area contributed by atoms with E-state index in [0.29, 0.717) is 6.04 Å². The van der Waals surface area contributed by atoms with E-state index in [1.54, 1.807) is 0 Å². The maximum atomic E-state index is 3.63. The highest BCUT2D eigenvalue weighted by Gasteiger charge is 2.14. The summed E-state index contributed by atoms with van der Waals surface area (Å²) in [6, 6.07) is 7.35. The SMILES string of the molecule is Cc1cc(NC2CCCC2)ccc1N(C)C. The number of nitrogens with zero attached hydrogens (tertiary/aromatic N) is 1. The molecule has 2 heteroatoms. The van der Waals surface area contributed by atoms with Crippen molar-refractivity contribution in [3.63, 3.8) is 0 Å². The van der Waals surface area contributed by atoms with Crippen molar-refractivity contribution in [2.45, 2.75) is 38.6 Å². The number of hydrogen-bond donors (Lipinski definition) is 1. The zero-order valence-corrected chi connectivity index (χ0v) is 10.6. The second kappa shape index (κ2) is 4.77. The molecule has 0 spiro atoms. The fourth-order valence-corrected chi connectivity index (χ4v) is 2.55. The first kappa shape index (κ1) is 11.3. The molecule has 1 saturated carbocycles. The minimum atomic E-state index is 0.699. The third-order valence-corrected chi connectivity index (χ3v) is 3.40. The molecular weight excluding hydrogens is 196 g/mol. The number of hydrogen-bond acceptors (Lipinski definition) is 2. The zero-order chi connectivity index (χ0) is 11.5. The predicted octanol–water partition coefficient (Wildman–Crippen LogP) is 3.42. The molecule has 88 valence electrons. The van der Waals surface area contributed by atoms with Crippen LogP contribution in [0, 0.1) is 6.92 Å². The fraction of sp³-hybridized carbons (Fsp3) is 0.571. The van der Waals surface area contributed by atoms with Crippen molar-refractivity contribution in [3.8, 4) is 0 Å². The lowest BCUT2D eigenvalue weighted by molar-refractivity contribution is 0.755. The highest BCUT2D eigenvalue weighted by atomic mass is 15.1. The number of benzene rings is 1. The van der Waals surface area contributed by atoms with Crippen LogP contribution in [-0.2, 0) is 0 Å². The van der Waals surface area contributed by atoms with Crippen LogP contribution >= 0.6 is 0 Å². The van der Waals surface area contributed by atoms with E-state index in [-0.39, 0.29) is 0 Å². The van der Waals surface area contributed by atoms with Crippen LogP contribution in [0.5, 0.6) is 0 Å². The molecule has 0 aliphatic heterocycles. The van der Waals surface area contributed by atoms with Gasteiger partial charge in [0.25, 0.3) is 0 Å². The molecule has 0 aromatic heterocycles. The molecule has 2 rings (SSSR count). The Morgan fingerprint density at radius 3 is 2.44 bits per heavy atom. The van der Waals surface area contributed by atoms with Crippen LogP contribution in [-0.4, -0.2) is 20.1 Å². The Labute approximate surface area is 98.7 Å². The lowest BCUT2D eigenvalue weighted by Gasteiger charge is -2.19. The second-order valence-electron chi connectivity index (χ2n) is 5.02. The van der Waals surface area contributed by atoms with E-state index < -0.39 is 0 Å². The molecule has 0 atom stereocenters. The van der Waals surface area contributed by atoms with Gasteiger partial charge in [-0.25, -0.2) is 0 Å². The van der Waals surface area contributed by atoms with Crippen molar-refractivity contribution in [1.29, 1.82) is 0 Å². The molecule has 0 saturated heterocycles. The Morgan fingerprint density at radius 1 is 1.19 bits per heavy atom. The second-order valence-corrected chi connectivity index (χ2v) is 5.02. The Balaban J connectivity index is 2.08. The van der Waals surface area contributed by atoms with Gasteiger partial charge in [0.1, 0.15) is 0 Å². The molecule has 0 heterocycles. The van der Waals surface area contributed by atoms with Crippen LogP contribution in [0.15, 0.2) is 18.2 Å². The van der Waals surface area contributed by atoms with Gasteiger partial charge in [0.05, 0.1) is 0 Å². The first-order valence-corrected chi connectivity index (χ1v) is 6.21. The number of aryl methyl sites for hydroxylation is 1. The smallest absolute Gasteiger partial charge is 0.0392 e. The van der Waals surface area contributed by atoms with Gasteiger partial charge in [-0.15, -0.1) is 0 Å². The van der Waals surface area contributed by atoms with Gasteiger partial charge in [-0.05, 0) is 43.5 Å². The average molecular weight is 218 g/mol. The molecule has 16 heavy (non-hydrogen) atoms. The van der Waals surface area contributed by atoms with Gasteiger partial charge in [0.2, 0.25) is 0 Å². The van der Waals surface area contributed by atoms with Crippen molar-refractivity contribution in [3.05, 3.63) is 23.8 Å². The van der Waals surface area contributed by atoms with Gasteiger partial charge in [-0.3, -0.25) is 0 Å². The van der Waals surface area contributed by atoms with Crippen molar-refractivity contribution in [2.75, 3.05) is 24.3 Å². The van der Waals surface area contributed by atoms with Crippen LogP contribution in [0.25, 0.3) is 0 Å². The molecule has 1 aromatic carbocycles. The van der Waals surface area contributed by atoms with Gasteiger partial charge < -0.3 is 10.2 Å². The highest BCUT2D eigenvalue weighted by Crippen LogP contribution is 2.25. The molecular formula is C14H22N2. The van der Waals surface area contributed by atoms with Crippen molar-refractivity contribution in [2.24, 2.45) is 0 Å². The first-order valence-electron chi connectivity index (χ1n) is 6.21. The van der Waals surface area contributed by atoms with Crippen molar-refractivity contribution >= 4 is 11.4 Å². The minimum Gasteiger partial charge on any atom is -0.382 e. The molecule has 1 aliphatic carbocycles. The molecule has 2 nitrogen and oxygen atoms in total. The molecule has 0 amide bonds. The third kappa shape index (κ3) is 2.49. The van der Waals surface area contributed by atoms with E-state index in [1.165, 1.54) is 42.6 Å². The van der Waals surface area contributed by atoms with Gasteiger partial charge >= 0.3 is 0 Å². The van der Waals surface area contributed by atoms with Gasteiger partial charge in [-0.2, -0.15) is 0 Å². The van der Waals surface area contributed by atoms with Gasteiger partial charge in [0.15, 0.2) is 0 Å². The summed E-state index contributed by atoms with van der Waals surface area (Å²) in [6.45, 7) is 2.18. The molecule has 1 N–H and O–H groups in total. The maximum absolute atomic E-state index is 3.63. The van der Waals surface area contributed by atoms with Crippen LogP contribution < -0.4 is 10.2 Å². The highest BCUT2D eigenvalue weighted by molar-refractivity contribution is 5.60. The Bertz CT molecular complexity index is 352. The fourth-order valence-electron chi connectivity index (χ4n) is 2.55. The number of nitrogens with one attached hydrogen (secondary N) is 1. The summed E-state index contributed by atoms with van der Waals surface area (Å²) in [4.78, 5) is 2.16. The van der Waals surface area contributed by atoms with E-state index in [9.17, 15) is 0 Å². The van der Waals surface area contributed by atoms with E-state index in [0.717, 1.165) is 0 Å². The normalized spacial score (nSPS) is 16.4. The number of rotatable bonds is 3. The summed E-state index contributed by atoms with van der Waals surface area (Å²) in [6.07, 6.45) is 5.42. The standard InChI is InChI=1S/C14H22N2/c1-11-10-13(8-9-14(11)16(2)3)15-12-6-4-5-7-12/h8-10,12,15H,4-7H2,1-3H3. The van der Waals surface area contributed by atoms with E-state index in [2.05, 4.69) is 49.4 Å². The topological polar surface area (TPSA) is 15.3 Å². The molecule has 1 aliphatic rings. The number of anilines is 2. The summed E-state index contributed by atoms with van der Waals surface area (Å²) < 4.78 is 0. The molecule has 1 fully saturated rings. The first-order chi connectivity index (χ1) is 7.66. The molecule has 0 bridgehead atoms. The molecule has 1 aromatic rings. The zero-order valence-electron chi connectivity index (χ0n) is 10.6.